The van der Waals surface area contributed by atoms with Crippen LogP contribution in [-0.2, 0) is 23.7 Å². The molecule has 0 aromatic rings. The molecule has 2 rings (SSSR count). The monoisotopic (exact) mass is 972 g/mol. The van der Waals surface area contributed by atoms with Gasteiger partial charge in [-0.2, -0.15) is 0 Å². The lowest BCUT2D eigenvalue weighted by atomic mass is 9.97. The largest absolute Gasteiger partial charge is 0.394 e. The first-order valence-corrected chi connectivity index (χ1v) is 27.6. The van der Waals surface area contributed by atoms with E-state index in [2.05, 4.69) is 24.4 Å². The first-order chi connectivity index (χ1) is 33.1. The van der Waals surface area contributed by atoms with E-state index in [1.807, 2.05) is 13.0 Å². The summed E-state index contributed by atoms with van der Waals surface area (Å²) in [5, 5.41) is 86.1. The number of aliphatic hydroxyl groups excluding tert-OH is 8. The van der Waals surface area contributed by atoms with Gasteiger partial charge >= 0.3 is 0 Å². The molecule has 0 radical (unpaired) electrons. The minimum Gasteiger partial charge on any atom is -0.394 e. The van der Waals surface area contributed by atoms with E-state index in [-0.39, 0.29) is 18.9 Å². The van der Waals surface area contributed by atoms with Crippen molar-refractivity contribution in [3.8, 4) is 0 Å². The molecule has 9 N–H and O–H groups in total. The first kappa shape index (κ1) is 62.6. The molecule has 0 aliphatic carbocycles. The lowest BCUT2D eigenvalue weighted by Gasteiger charge is -2.46. The van der Waals surface area contributed by atoms with Crippen molar-refractivity contribution in [2.45, 2.75) is 293 Å². The second-order valence-corrected chi connectivity index (χ2v) is 19.7. The Morgan fingerprint density at radius 2 is 0.941 bits per heavy atom. The average molecular weight is 972 g/mol. The third kappa shape index (κ3) is 27.3. The zero-order chi connectivity index (χ0) is 49.6. The van der Waals surface area contributed by atoms with Crippen molar-refractivity contribution < 1.29 is 64.6 Å². The van der Waals surface area contributed by atoms with Crippen molar-refractivity contribution in [3.63, 3.8) is 0 Å². The van der Waals surface area contributed by atoms with Gasteiger partial charge in [0, 0.05) is 6.42 Å². The Labute approximate surface area is 411 Å². The summed E-state index contributed by atoms with van der Waals surface area (Å²) in [4.78, 5) is 12.8. The van der Waals surface area contributed by atoms with Gasteiger partial charge < -0.3 is 65.1 Å². The van der Waals surface area contributed by atoms with E-state index in [1.54, 1.807) is 6.08 Å². The molecular formula is C54H101NO13. The van der Waals surface area contributed by atoms with Gasteiger partial charge in [0.25, 0.3) is 0 Å². The number of allylic oxidation sites excluding steroid dienone is 3. The minimum absolute atomic E-state index is 0.260. The van der Waals surface area contributed by atoms with Gasteiger partial charge in [0.15, 0.2) is 12.6 Å². The fourth-order valence-corrected chi connectivity index (χ4v) is 9.13. The molecule has 0 aromatic heterocycles. The Balaban J connectivity index is 1.58. The van der Waals surface area contributed by atoms with Gasteiger partial charge in [0.05, 0.1) is 32.0 Å². The number of aliphatic hydroxyl groups is 8. The maximum Gasteiger partial charge on any atom is 0.220 e. The highest BCUT2D eigenvalue weighted by atomic mass is 16.7. The lowest BCUT2D eigenvalue weighted by molar-refractivity contribution is -0.359. The molecule has 1 amide bonds. The third-order valence-electron chi connectivity index (χ3n) is 13.6. The predicted molar refractivity (Wildman–Crippen MR) is 268 cm³/mol. The summed E-state index contributed by atoms with van der Waals surface area (Å²) < 4.78 is 22.5. The molecule has 0 aromatic carbocycles. The van der Waals surface area contributed by atoms with Crippen molar-refractivity contribution in [1.82, 2.24) is 5.32 Å². The molecular weight excluding hydrogens is 871 g/mol. The Kier molecular flexibility index (Phi) is 37.7. The van der Waals surface area contributed by atoms with Crippen LogP contribution in [0.25, 0.3) is 0 Å². The molecule has 12 atom stereocenters. The van der Waals surface area contributed by atoms with E-state index in [9.17, 15) is 45.6 Å². The average Bonchev–Trinajstić information content (AvgIpc) is 3.33. The number of amides is 1. The summed E-state index contributed by atoms with van der Waals surface area (Å²) in [6.45, 7) is 2.59. The summed E-state index contributed by atoms with van der Waals surface area (Å²) >= 11 is 0. The summed E-state index contributed by atoms with van der Waals surface area (Å²) in [6.07, 6.45) is 30.9. The van der Waals surface area contributed by atoms with Gasteiger partial charge in [-0.1, -0.05) is 205 Å². The number of rotatable bonds is 43. The molecule has 2 heterocycles. The van der Waals surface area contributed by atoms with Crippen LogP contribution in [0.3, 0.4) is 0 Å². The van der Waals surface area contributed by atoms with Crippen molar-refractivity contribution in [1.29, 1.82) is 0 Å². The van der Waals surface area contributed by atoms with E-state index in [0.29, 0.717) is 12.8 Å². The zero-order valence-electron chi connectivity index (χ0n) is 42.6. The number of nitrogens with one attached hydrogen (secondary N) is 1. The van der Waals surface area contributed by atoms with Gasteiger partial charge in [-0.25, -0.2) is 0 Å². The van der Waals surface area contributed by atoms with Gasteiger partial charge in [-0.3, -0.25) is 4.79 Å². The van der Waals surface area contributed by atoms with E-state index >= 15 is 0 Å². The first-order valence-electron chi connectivity index (χ1n) is 27.6. The maximum absolute atomic E-state index is 12.8. The highest BCUT2D eigenvalue weighted by Crippen LogP contribution is 2.30. The van der Waals surface area contributed by atoms with Crippen LogP contribution >= 0.6 is 0 Å². The standard InChI is InChI=1S/C54H101NO13/c1-3-5-7-8-9-10-11-12-13-14-15-16-17-18-19-20-21-22-23-24-25-26-27-28-29-30-31-32-33-34-36-37-43(58)42(55-46(59)38-35-6-4-2)41-65-53-51(64)49(62)52(45(40-57)67-53)68-54-50(63)48(61)47(60)44(39-56)66-54/h31-32,36-37,42-45,47-54,56-58,60-64H,3-30,33-35,38-41H2,1-2H3,(H,55,59)/b32-31+,37-36+. The van der Waals surface area contributed by atoms with Crippen molar-refractivity contribution in [2.75, 3.05) is 19.8 Å². The van der Waals surface area contributed by atoms with E-state index < -0.39 is 86.8 Å². The number of carbonyl (C=O) groups is 1. The van der Waals surface area contributed by atoms with Crippen molar-refractivity contribution in [3.05, 3.63) is 24.3 Å². The second-order valence-electron chi connectivity index (χ2n) is 19.7. The number of unbranched alkanes of at least 4 members (excludes halogenated alkanes) is 28. The smallest absolute Gasteiger partial charge is 0.220 e. The van der Waals surface area contributed by atoms with Crippen molar-refractivity contribution >= 4 is 5.91 Å². The third-order valence-corrected chi connectivity index (χ3v) is 13.6. The molecule has 2 aliphatic rings. The molecule has 2 saturated heterocycles. The SMILES string of the molecule is CCCCCCCCCCCCCCCCCCCCCCCCCCC/C=C/CC/C=C/C(O)C(COC1OC(CO)C(OC2OC(CO)C(O)C(O)C2O)C(O)C1O)NC(=O)CCCCC. The van der Waals surface area contributed by atoms with Gasteiger partial charge in [-0.05, 0) is 32.1 Å². The van der Waals surface area contributed by atoms with Gasteiger partial charge in [-0.15, -0.1) is 0 Å². The number of ether oxygens (including phenoxy) is 4. The molecule has 2 aliphatic heterocycles. The van der Waals surface area contributed by atoms with E-state index in [0.717, 1.165) is 25.7 Å². The Bertz CT molecular complexity index is 1240. The normalized spacial score (nSPS) is 26.5. The van der Waals surface area contributed by atoms with Crippen LogP contribution in [0.5, 0.6) is 0 Å². The summed E-state index contributed by atoms with van der Waals surface area (Å²) in [6, 6.07) is -0.923. The van der Waals surface area contributed by atoms with E-state index in [4.69, 9.17) is 18.9 Å². The molecule has 14 nitrogen and oxygen atoms in total. The minimum atomic E-state index is -1.79. The van der Waals surface area contributed by atoms with Crippen LogP contribution in [0, 0.1) is 0 Å². The van der Waals surface area contributed by atoms with Crippen LogP contribution in [0.1, 0.15) is 219 Å². The van der Waals surface area contributed by atoms with Crippen LogP contribution < -0.4 is 5.32 Å². The summed E-state index contributed by atoms with van der Waals surface area (Å²) in [5.41, 5.74) is 0. The van der Waals surface area contributed by atoms with Gasteiger partial charge in [0.1, 0.15) is 48.8 Å². The Hall–Kier alpha value is -1.53. The molecule has 0 bridgehead atoms. The molecule has 0 saturated carbocycles. The zero-order valence-corrected chi connectivity index (χ0v) is 42.6. The maximum atomic E-state index is 12.8. The highest BCUT2D eigenvalue weighted by Gasteiger charge is 2.51. The highest BCUT2D eigenvalue weighted by molar-refractivity contribution is 5.76. The van der Waals surface area contributed by atoms with Gasteiger partial charge in [0.2, 0.25) is 5.91 Å². The molecule has 0 spiro atoms. The molecule has 12 unspecified atom stereocenters. The molecule has 14 heteroatoms. The van der Waals surface area contributed by atoms with E-state index in [1.165, 1.54) is 161 Å². The Morgan fingerprint density at radius 3 is 1.44 bits per heavy atom. The molecule has 2 fully saturated rings. The fraction of sp³-hybridized carbons (Fsp3) is 0.907. The topological polar surface area (TPSA) is 228 Å². The second kappa shape index (κ2) is 41.0. The van der Waals surface area contributed by atoms with Crippen molar-refractivity contribution in [2.24, 2.45) is 0 Å². The predicted octanol–water partition coefficient (Wildman–Crippen LogP) is 8.11. The van der Waals surface area contributed by atoms with Crippen LogP contribution in [0.4, 0.5) is 0 Å². The van der Waals surface area contributed by atoms with Crippen LogP contribution in [0.15, 0.2) is 24.3 Å². The number of hydrogen-bond donors (Lipinski definition) is 9. The van der Waals surface area contributed by atoms with Crippen LogP contribution in [0.2, 0.25) is 0 Å². The number of hydrogen-bond acceptors (Lipinski definition) is 13. The quantitative estimate of drug-likeness (QED) is 0.0208. The Morgan fingerprint density at radius 1 is 0.515 bits per heavy atom. The number of carbonyl (C=O) groups excluding carboxylic acids is 1. The van der Waals surface area contributed by atoms with Crippen LogP contribution in [-0.4, -0.2) is 140 Å². The summed E-state index contributed by atoms with van der Waals surface area (Å²) in [5.74, 6) is -0.273. The lowest BCUT2D eigenvalue weighted by Crippen LogP contribution is -2.65. The molecule has 400 valence electrons. The fourth-order valence-electron chi connectivity index (χ4n) is 9.13. The summed E-state index contributed by atoms with van der Waals surface area (Å²) in [7, 11) is 0. The molecule has 68 heavy (non-hydrogen) atoms.